The van der Waals surface area contributed by atoms with Gasteiger partial charge < -0.3 is 4.74 Å². The molecule has 0 saturated carbocycles. The van der Waals surface area contributed by atoms with E-state index in [0.29, 0.717) is 31.1 Å². The van der Waals surface area contributed by atoms with Gasteiger partial charge in [0.1, 0.15) is 5.82 Å². The molecule has 1 aliphatic heterocycles. The first-order chi connectivity index (χ1) is 12.0. The second kappa shape index (κ2) is 7.83. The van der Waals surface area contributed by atoms with E-state index in [1.165, 1.54) is 6.07 Å². The maximum atomic E-state index is 13.3. The van der Waals surface area contributed by atoms with Gasteiger partial charge in [-0.05, 0) is 29.8 Å². The van der Waals surface area contributed by atoms with Crippen LogP contribution in [0, 0.1) is 5.82 Å². The molecule has 134 valence electrons. The van der Waals surface area contributed by atoms with Crippen LogP contribution in [0.25, 0.3) is 0 Å². The van der Waals surface area contributed by atoms with Crippen molar-refractivity contribution in [2.75, 3.05) is 32.0 Å². The molecule has 1 aliphatic rings. The summed E-state index contributed by atoms with van der Waals surface area (Å²) in [6.07, 6.45) is -0.244. The highest BCUT2D eigenvalue weighted by Gasteiger charge is 2.24. The van der Waals surface area contributed by atoms with Crippen molar-refractivity contribution in [3.8, 4) is 0 Å². The van der Waals surface area contributed by atoms with E-state index in [-0.39, 0.29) is 16.9 Å². The van der Waals surface area contributed by atoms with Crippen LogP contribution in [-0.4, -0.2) is 45.3 Å². The second-order valence-corrected chi connectivity index (χ2v) is 8.48. The van der Waals surface area contributed by atoms with Gasteiger partial charge in [-0.3, -0.25) is 4.90 Å². The van der Waals surface area contributed by atoms with Gasteiger partial charge in [0.15, 0.2) is 9.84 Å². The van der Waals surface area contributed by atoms with Crippen molar-refractivity contribution >= 4 is 21.4 Å². The fraction of sp³-hybridized carbons (Fsp3) is 0.333. The molecule has 0 aliphatic carbocycles. The monoisotopic (exact) mass is 383 g/mol. The maximum Gasteiger partial charge on any atom is 0.179 e. The molecular formula is C18H19ClFNO3S. The summed E-state index contributed by atoms with van der Waals surface area (Å²) in [5.74, 6) is -0.416. The Balaban J connectivity index is 1.63. The summed E-state index contributed by atoms with van der Waals surface area (Å²) in [6.45, 7) is 2.12. The number of rotatable bonds is 5. The van der Waals surface area contributed by atoms with E-state index in [1.54, 1.807) is 42.5 Å². The van der Waals surface area contributed by atoms with Crippen molar-refractivity contribution in [1.82, 2.24) is 4.90 Å². The first-order valence-corrected chi connectivity index (χ1v) is 10.1. The molecule has 0 unspecified atom stereocenters. The second-order valence-electron chi connectivity index (χ2n) is 5.97. The van der Waals surface area contributed by atoms with Crippen molar-refractivity contribution in [3.05, 3.63) is 64.9 Å². The molecule has 1 fully saturated rings. The summed E-state index contributed by atoms with van der Waals surface area (Å²) >= 11 is 5.83. The van der Waals surface area contributed by atoms with Crippen molar-refractivity contribution in [2.24, 2.45) is 0 Å². The Kier molecular flexibility index (Phi) is 5.74. The van der Waals surface area contributed by atoms with Gasteiger partial charge in [-0.15, -0.1) is 0 Å². The van der Waals surface area contributed by atoms with Crippen molar-refractivity contribution < 1.29 is 17.5 Å². The zero-order valence-corrected chi connectivity index (χ0v) is 15.1. The molecule has 0 amide bonds. The third kappa shape index (κ3) is 4.58. The summed E-state index contributed by atoms with van der Waals surface area (Å²) in [6, 6.07) is 13.0. The Hall–Kier alpha value is -1.47. The minimum atomic E-state index is -3.31. The third-order valence-corrected chi connectivity index (χ3v) is 6.24. The zero-order chi connectivity index (χ0) is 17.9. The van der Waals surface area contributed by atoms with Gasteiger partial charge in [0.05, 0.1) is 28.4 Å². The van der Waals surface area contributed by atoms with Gasteiger partial charge in [-0.1, -0.05) is 35.9 Å². The highest BCUT2D eigenvalue weighted by Crippen LogP contribution is 2.26. The number of halogens is 2. The van der Waals surface area contributed by atoms with E-state index in [0.717, 1.165) is 5.56 Å². The minimum absolute atomic E-state index is 0.0495. The molecule has 7 heteroatoms. The number of ether oxygens (including phenoxy) is 1. The van der Waals surface area contributed by atoms with E-state index >= 15 is 0 Å². The molecule has 0 bridgehead atoms. The summed E-state index contributed by atoms with van der Waals surface area (Å²) in [5.41, 5.74) is 0.794. The Morgan fingerprint density at radius 1 is 1.20 bits per heavy atom. The number of hydrogen-bond acceptors (Lipinski definition) is 4. The summed E-state index contributed by atoms with van der Waals surface area (Å²) < 4.78 is 43.8. The number of benzene rings is 2. The molecule has 2 aromatic rings. The fourth-order valence-electron chi connectivity index (χ4n) is 2.81. The standard InChI is InChI=1S/C18H19ClFNO3S/c19-16-12-14(6-7-17(16)20)18-13-21(8-10-24-18)9-11-25(22,23)15-4-2-1-3-5-15/h1-7,12,18H,8-11,13H2/t18-/m1/s1. The summed E-state index contributed by atoms with van der Waals surface area (Å²) in [5, 5.41) is 0.0601. The summed E-state index contributed by atoms with van der Waals surface area (Å²) in [4.78, 5) is 2.39. The van der Waals surface area contributed by atoms with Crippen LogP contribution < -0.4 is 0 Å². The Morgan fingerprint density at radius 2 is 1.96 bits per heavy atom. The lowest BCUT2D eigenvalue weighted by atomic mass is 10.1. The highest BCUT2D eigenvalue weighted by molar-refractivity contribution is 7.91. The van der Waals surface area contributed by atoms with E-state index < -0.39 is 15.7 Å². The molecule has 25 heavy (non-hydrogen) atoms. The van der Waals surface area contributed by atoms with Crippen LogP contribution in [0.2, 0.25) is 5.02 Å². The lowest BCUT2D eigenvalue weighted by Gasteiger charge is -2.33. The third-order valence-electron chi connectivity index (χ3n) is 4.24. The van der Waals surface area contributed by atoms with Crippen LogP contribution in [0.4, 0.5) is 4.39 Å². The molecule has 4 nitrogen and oxygen atoms in total. The van der Waals surface area contributed by atoms with Gasteiger partial charge in [0.2, 0.25) is 0 Å². The molecule has 0 spiro atoms. The van der Waals surface area contributed by atoms with E-state index in [4.69, 9.17) is 16.3 Å². The normalized spacial score (nSPS) is 19.0. The molecule has 1 saturated heterocycles. The molecule has 0 aromatic heterocycles. The van der Waals surface area contributed by atoms with Gasteiger partial charge in [-0.2, -0.15) is 0 Å². The van der Waals surface area contributed by atoms with Crippen molar-refractivity contribution in [1.29, 1.82) is 0 Å². The van der Waals surface area contributed by atoms with Crippen molar-refractivity contribution in [3.63, 3.8) is 0 Å². The SMILES string of the molecule is O=S(=O)(CCN1CCO[C@@H](c2ccc(F)c(Cl)c2)C1)c1ccccc1. The number of hydrogen-bond donors (Lipinski definition) is 0. The molecule has 1 atom stereocenters. The highest BCUT2D eigenvalue weighted by atomic mass is 35.5. The topological polar surface area (TPSA) is 46.6 Å². The first kappa shape index (κ1) is 18.3. The molecule has 0 N–H and O–H groups in total. The van der Waals surface area contributed by atoms with Crippen LogP contribution in [0.1, 0.15) is 11.7 Å². The lowest BCUT2D eigenvalue weighted by molar-refractivity contribution is -0.0279. The van der Waals surface area contributed by atoms with Crippen LogP contribution >= 0.6 is 11.6 Å². The number of morpholine rings is 1. The Bertz CT molecular complexity index is 829. The molecule has 3 rings (SSSR count). The first-order valence-electron chi connectivity index (χ1n) is 8.02. The predicted molar refractivity (Wildman–Crippen MR) is 95.0 cm³/mol. The van der Waals surface area contributed by atoms with Gasteiger partial charge in [-0.25, -0.2) is 12.8 Å². The largest absolute Gasteiger partial charge is 0.371 e. The molecule has 0 radical (unpaired) electrons. The Labute approximate surface area is 152 Å². The number of nitrogens with zero attached hydrogens (tertiary/aromatic N) is 1. The van der Waals surface area contributed by atoms with Crippen LogP contribution in [-0.2, 0) is 14.6 Å². The summed E-state index contributed by atoms with van der Waals surface area (Å²) in [7, 11) is -3.31. The lowest BCUT2D eigenvalue weighted by Crippen LogP contribution is -2.40. The number of sulfone groups is 1. The van der Waals surface area contributed by atoms with Crippen LogP contribution in [0.5, 0.6) is 0 Å². The maximum absolute atomic E-state index is 13.3. The molecule has 2 aromatic carbocycles. The predicted octanol–water partition coefficient (Wildman–Crippen LogP) is 3.33. The molecular weight excluding hydrogens is 365 g/mol. The van der Waals surface area contributed by atoms with Gasteiger partial charge >= 0.3 is 0 Å². The zero-order valence-electron chi connectivity index (χ0n) is 13.6. The quantitative estimate of drug-likeness (QED) is 0.794. The van der Waals surface area contributed by atoms with Crippen LogP contribution in [0.3, 0.4) is 0 Å². The minimum Gasteiger partial charge on any atom is -0.371 e. The van der Waals surface area contributed by atoms with E-state index in [1.807, 2.05) is 4.90 Å². The van der Waals surface area contributed by atoms with E-state index in [9.17, 15) is 12.8 Å². The average molecular weight is 384 g/mol. The van der Waals surface area contributed by atoms with Crippen molar-refractivity contribution in [2.45, 2.75) is 11.0 Å². The van der Waals surface area contributed by atoms with E-state index in [2.05, 4.69) is 0 Å². The van der Waals surface area contributed by atoms with Gasteiger partial charge in [0.25, 0.3) is 0 Å². The van der Waals surface area contributed by atoms with Crippen LogP contribution in [0.15, 0.2) is 53.4 Å². The fourth-order valence-corrected chi connectivity index (χ4v) is 4.31. The smallest absolute Gasteiger partial charge is 0.179 e. The Morgan fingerprint density at radius 3 is 2.68 bits per heavy atom. The average Bonchev–Trinajstić information content (AvgIpc) is 2.63. The van der Waals surface area contributed by atoms with Gasteiger partial charge in [0, 0.05) is 19.6 Å². The molecule has 1 heterocycles.